The highest BCUT2D eigenvalue weighted by atomic mass is 16.5. The smallest absolute Gasteiger partial charge is 0.338 e. The molecule has 0 bridgehead atoms. The zero-order valence-corrected chi connectivity index (χ0v) is 10.1. The van der Waals surface area contributed by atoms with Crippen molar-refractivity contribution in [3.63, 3.8) is 0 Å². The van der Waals surface area contributed by atoms with Crippen LogP contribution in [0.25, 0.3) is 11.0 Å². The quantitative estimate of drug-likeness (QED) is 0.764. The number of hydrogen-bond acceptors (Lipinski definition) is 5. The number of nitrogens with zero attached hydrogens (tertiary/aromatic N) is 4. The van der Waals surface area contributed by atoms with Gasteiger partial charge in [-0.15, -0.1) is 5.10 Å². The van der Waals surface area contributed by atoms with Crippen LogP contribution in [0.4, 0.5) is 0 Å². The van der Waals surface area contributed by atoms with Gasteiger partial charge in [-0.25, -0.2) is 9.48 Å². The summed E-state index contributed by atoms with van der Waals surface area (Å²) in [6.45, 7) is 2.19. The van der Waals surface area contributed by atoms with E-state index < -0.39 is 5.97 Å². The maximum absolute atomic E-state index is 11.1. The first kappa shape index (κ1) is 11.4. The molecule has 0 amide bonds. The van der Waals surface area contributed by atoms with E-state index in [4.69, 9.17) is 9.63 Å². The highest BCUT2D eigenvalue weighted by molar-refractivity contribution is 6.00. The molecule has 0 spiro atoms. The zero-order chi connectivity index (χ0) is 13.4. The van der Waals surface area contributed by atoms with E-state index in [2.05, 4.69) is 15.5 Å². The van der Waals surface area contributed by atoms with Gasteiger partial charge < -0.3 is 9.63 Å². The van der Waals surface area contributed by atoms with Gasteiger partial charge in [-0.2, -0.15) is 0 Å². The molecule has 0 radical (unpaired) electrons. The van der Waals surface area contributed by atoms with Gasteiger partial charge in [0.15, 0.2) is 0 Å². The molecule has 1 aromatic carbocycles. The van der Waals surface area contributed by atoms with Crippen LogP contribution >= 0.6 is 0 Å². The molecule has 0 saturated heterocycles. The molecule has 19 heavy (non-hydrogen) atoms. The van der Waals surface area contributed by atoms with Crippen LogP contribution in [0.3, 0.4) is 0 Å². The molecule has 0 aliphatic heterocycles. The normalized spacial score (nSPS) is 11.0. The van der Waals surface area contributed by atoms with Gasteiger partial charge in [0, 0.05) is 6.07 Å². The third-order valence-corrected chi connectivity index (χ3v) is 2.76. The fourth-order valence-electron chi connectivity index (χ4n) is 1.93. The summed E-state index contributed by atoms with van der Waals surface area (Å²) < 4.78 is 6.58. The van der Waals surface area contributed by atoms with E-state index in [1.54, 1.807) is 29.8 Å². The summed E-state index contributed by atoms with van der Waals surface area (Å²) in [5.74, 6) is -0.305. The minimum atomic E-state index is -1.02. The van der Waals surface area contributed by atoms with E-state index in [0.717, 1.165) is 0 Å². The van der Waals surface area contributed by atoms with E-state index in [0.29, 0.717) is 29.0 Å². The van der Waals surface area contributed by atoms with Crippen LogP contribution in [-0.2, 0) is 6.54 Å². The average Bonchev–Trinajstić information content (AvgIpc) is 2.97. The SMILES string of the molecule is Cc1cc(Cn2nnc3c(C(=O)O)cccc32)no1. The van der Waals surface area contributed by atoms with Crippen molar-refractivity contribution in [3.8, 4) is 0 Å². The minimum absolute atomic E-state index is 0.139. The summed E-state index contributed by atoms with van der Waals surface area (Å²) in [7, 11) is 0. The Bertz CT molecular complexity index is 759. The number of hydrogen-bond donors (Lipinski definition) is 1. The second-order valence-electron chi connectivity index (χ2n) is 4.15. The molecule has 2 aromatic heterocycles. The fourth-order valence-corrected chi connectivity index (χ4v) is 1.93. The zero-order valence-electron chi connectivity index (χ0n) is 10.1. The van der Waals surface area contributed by atoms with Gasteiger partial charge in [0.2, 0.25) is 0 Å². The maximum atomic E-state index is 11.1. The third kappa shape index (κ3) is 1.95. The number of carboxylic acids is 1. The van der Waals surface area contributed by atoms with Crippen molar-refractivity contribution < 1.29 is 14.4 Å². The van der Waals surface area contributed by atoms with Crippen LogP contribution in [0, 0.1) is 6.92 Å². The summed E-state index contributed by atoms with van der Waals surface area (Å²) in [6.07, 6.45) is 0. The standard InChI is InChI=1S/C12H10N4O3/c1-7-5-8(14-19-7)6-16-10-4-2-3-9(12(17)18)11(10)13-15-16/h2-5H,6H2,1H3,(H,17,18). The number of rotatable bonds is 3. The molecule has 0 fully saturated rings. The largest absolute Gasteiger partial charge is 0.478 e. The Morgan fingerprint density at radius 3 is 3.00 bits per heavy atom. The van der Waals surface area contributed by atoms with Gasteiger partial charge in [0.1, 0.15) is 17.0 Å². The summed E-state index contributed by atoms with van der Waals surface area (Å²) in [5, 5.41) is 20.8. The number of carbonyl (C=O) groups is 1. The van der Waals surface area contributed by atoms with Crippen LogP contribution in [-0.4, -0.2) is 31.2 Å². The molecule has 3 aromatic rings. The van der Waals surface area contributed by atoms with Crippen molar-refractivity contribution >= 4 is 17.0 Å². The van der Waals surface area contributed by atoms with Gasteiger partial charge in [-0.05, 0) is 19.1 Å². The lowest BCUT2D eigenvalue weighted by Crippen LogP contribution is -2.02. The van der Waals surface area contributed by atoms with Gasteiger partial charge in [0.25, 0.3) is 0 Å². The Morgan fingerprint density at radius 1 is 1.47 bits per heavy atom. The summed E-state index contributed by atoms with van der Waals surface area (Å²) in [4.78, 5) is 11.1. The minimum Gasteiger partial charge on any atom is -0.478 e. The molecule has 7 nitrogen and oxygen atoms in total. The molecule has 0 unspecified atom stereocenters. The van der Waals surface area contributed by atoms with E-state index in [9.17, 15) is 4.79 Å². The lowest BCUT2D eigenvalue weighted by molar-refractivity contribution is 0.0699. The molecule has 0 aliphatic rings. The van der Waals surface area contributed by atoms with Gasteiger partial charge >= 0.3 is 5.97 Å². The van der Waals surface area contributed by atoms with Crippen LogP contribution in [0.1, 0.15) is 21.8 Å². The van der Waals surface area contributed by atoms with Gasteiger partial charge in [0.05, 0.1) is 17.6 Å². The lowest BCUT2D eigenvalue weighted by atomic mass is 10.2. The first-order chi connectivity index (χ1) is 9.15. The predicted octanol–water partition coefficient (Wildman–Crippen LogP) is 1.47. The van der Waals surface area contributed by atoms with E-state index in [1.807, 2.05) is 0 Å². The number of carboxylic acid groups (broad SMARTS) is 1. The average molecular weight is 258 g/mol. The van der Waals surface area contributed by atoms with Gasteiger partial charge in [-0.3, -0.25) is 0 Å². The van der Waals surface area contributed by atoms with E-state index >= 15 is 0 Å². The summed E-state index contributed by atoms with van der Waals surface area (Å²) >= 11 is 0. The molecular formula is C12H10N4O3. The number of benzene rings is 1. The Labute approximate surface area is 107 Å². The Hall–Kier alpha value is -2.70. The first-order valence-electron chi connectivity index (χ1n) is 5.63. The van der Waals surface area contributed by atoms with Crippen molar-refractivity contribution in [3.05, 3.63) is 41.3 Å². The van der Waals surface area contributed by atoms with Crippen molar-refractivity contribution in [1.82, 2.24) is 20.2 Å². The summed E-state index contributed by atoms with van der Waals surface area (Å²) in [6, 6.07) is 6.74. The van der Waals surface area contributed by atoms with Crippen molar-refractivity contribution in [1.29, 1.82) is 0 Å². The molecule has 96 valence electrons. The molecular weight excluding hydrogens is 248 g/mol. The van der Waals surface area contributed by atoms with Gasteiger partial charge in [-0.1, -0.05) is 16.4 Å². The predicted molar refractivity (Wildman–Crippen MR) is 64.8 cm³/mol. The number of fused-ring (bicyclic) bond motifs is 1. The highest BCUT2D eigenvalue weighted by Crippen LogP contribution is 2.17. The summed E-state index contributed by atoms with van der Waals surface area (Å²) in [5.41, 5.74) is 1.88. The van der Waals surface area contributed by atoms with Crippen LogP contribution in [0.15, 0.2) is 28.8 Å². The van der Waals surface area contributed by atoms with Crippen molar-refractivity contribution in [2.45, 2.75) is 13.5 Å². The van der Waals surface area contributed by atoms with Crippen molar-refractivity contribution in [2.24, 2.45) is 0 Å². The Kier molecular flexibility index (Phi) is 2.52. The molecule has 0 atom stereocenters. The molecule has 2 heterocycles. The van der Waals surface area contributed by atoms with Crippen LogP contribution in [0.2, 0.25) is 0 Å². The topological polar surface area (TPSA) is 94.0 Å². The van der Waals surface area contributed by atoms with E-state index in [-0.39, 0.29) is 5.56 Å². The number of aromatic carboxylic acids is 1. The Morgan fingerprint density at radius 2 is 2.32 bits per heavy atom. The first-order valence-corrected chi connectivity index (χ1v) is 5.63. The van der Waals surface area contributed by atoms with E-state index in [1.165, 1.54) is 6.07 Å². The molecule has 0 saturated carbocycles. The van der Waals surface area contributed by atoms with Crippen LogP contribution in [0.5, 0.6) is 0 Å². The second-order valence-corrected chi connectivity index (χ2v) is 4.15. The third-order valence-electron chi connectivity index (χ3n) is 2.76. The Balaban J connectivity index is 2.06. The molecule has 1 N–H and O–H groups in total. The molecule has 0 aliphatic carbocycles. The lowest BCUT2D eigenvalue weighted by Gasteiger charge is -1.99. The number of aryl methyl sites for hydroxylation is 1. The van der Waals surface area contributed by atoms with Crippen molar-refractivity contribution in [2.75, 3.05) is 0 Å². The highest BCUT2D eigenvalue weighted by Gasteiger charge is 2.14. The maximum Gasteiger partial charge on any atom is 0.338 e. The fraction of sp³-hybridized carbons (Fsp3) is 0.167. The molecule has 3 rings (SSSR count). The monoisotopic (exact) mass is 258 g/mol. The molecule has 7 heteroatoms. The second kappa shape index (κ2) is 4.20. The van der Waals surface area contributed by atoms with Crippen LogP contribution < -0.4 is 0 Å². The number of aromatic nitrogens is 4.